The van der Waals surface area contributed by atoms with Crippen molar-refractivity contribution in [2.45, 2.75) is 26.3 Å². The van der Waals surface area contributed by atoms with Gasteiger partial charge in [-0.25, -0.2) is 0 Å². The van der Waals surface area contributed by atoms with Crippen molar-refractivity contribution in [3.63, 3.8) is 0 Å². The van der Waals surface area contributed by atoms with Gasteiger partial charge < -0.3 is 10.1 Å². The molecule has 0 bridgehead atoms. The zero-order chi connectivity index (χ0) is 12.7. The van der Waals surface area contributed by atoms with E-state index in [1.54, 1.807) is 19.3 Å². The first-order chi connectivity index (χ1) is 8.15. The Bertz CT molecular complexity index is 399. The first-order valence-corrected chi connectivity index (χ1v) is 5.78. The molecule has 92 valence electrons. The van der Waals surface area contributed by atoms with Gasteiger partial charge in [0.15, 0.2) is 0 Å². The molecule has 3 nitrogen and oxygen atoms in total. The number of ether oxygens (including phenoxy) is 1. The molecule has 0 aliphatic rings. The van der Waals surface area contributed by atoms with Crippen molar-refractivity contribution in [1.82, 2.24) is 5.32 Å². The van der Waals surface area contributed by atoms with Crippen molar-refractivity contribution in [3.8, 4) is 5.75 Å². The van der Waals surface area contributed by atoms with Gasteiger partial charge in [-0.05, 0) is 37.1 Å². The van der Waals surface area contributed by atoms with Crippen LogP contribution in [0.3, 0.4) is 0 Å². The highest BCUT2D eigenvalue weighted by Gasteiger charge is 2.00. The lowest BCUT2D eigenvalue weighted by molar-refractivity contribution is -0.117. The molecule has 0 spiro atoms. The van der Waals surface area contributed by atoms with Gasteiger partial charge in [-0.1, -0.05) is 19.1 Å². The molecule has 1 amide bonds. The molecule has 3 heteroatoms. The van der Waals surface area contributed by atoms with E-state index in [-0.39, 0.29) is 11.9 Å². The number of carbonyl (C=O) groups is 1. The number of hydrogen-bond acceptors (Lipinski definition) is 2. The summed E-state index contributed by atoms with van der Waals surface area (Å²) in [6.07, 6.45) is 4.25. The number of nitrogens with one attached hydrogen (secondary N) is 1. The van der Waals surface area contributed by atoms with Crippen LogP contribution < -0.4 is 10.1 Å². The molecule has 0 saturated carbocycles. The van der Waals surface area contributed by atoms with E-state index in [1.165, 1.54) is 0 Å². The summed E-state index contributed by atoms with van der Waals surface area (Å²) in [7, 11) is 1.62. The quantitative estimate of drug-likeness (QED) is 0.794. The van der Waals surface area contributed by atoms with Crippen molar-refractivity contribution in [1.29, 1.82) is 0 Å². The molecule has 1 aromatic carbocycles. The van der Waals surface area contributed by atoms with Gasteiger partial charge in [0.05, 0.1) is 7.11 Å². The molecule has 0 aliphatic carbocycles. The predicted octanol–water partition coefficient (Wildman–Crippen LogP) is 2.62. The SMILES string of the molecule is CCC(C)NC(=O)/C=C/c1cccc(OC)c1. The van der Waals surface area contributed by atoms with Gasteiger partial charge in [0.2, 0.25) is 5.91 Å². The molecule has 1 aromatic rings. The second-order valence-corrected chi connectivity index (χ2v) is 3.93. The highest BCUT2D eigenvalue weighted by atomic mass is 16.5. The Morgan fingerprint density at radius 1 is 1.53 bits per heavy atom. The first-order valence-electron chi connectivity index (χ1n) is 5.78. The van der Waals surface area contributed by atoms with Crippen LogP contribution in [0, 0.1) is 0 Å². The molecular weight excluding hydrogens is 214 g/mol. The fourth-order valence-electron chi connectivity index (χ4n) is 1.31. The fourth-order valence-corrected chi connectivity index (χ4v) is 1.31. The van der Waals surface area contributed by atoms with Crippen LogP contribution in [-0.2, 0) is 4.79 Å². The average molecular weight is 233 g/mol. The first kappa shape index (κ1) is 13.3. The zero-order valence-corrected chi connectivity index (χ0v) is 10.6. The topological polar surface area (TPSA) is 38.3 Å². The summed E-state index contributed by atoms with van der Waals surface area (Å²) in [5, 5.41) is 2.87. The number of benzene rings is 1. The molecule has 0 heterocycles. The van der Waals surface area contributed by atoms with Gasteiger partial charge in [-0.3, -0.25) is 4.79 Å². The van der Waals surface area contributed by atoms with Gasteiger partial charge in [0.25, 0.3) is 0 Å². The fraction of sp³-hybridized carbons (Fsp3) is 0.357. The molecule has 0 fully saturated rings. The molecule has 1 atom stereocenters. The normalized spacial score (nSPS) is 12.4. The molecule has 1 unspecified atom stereocenters. The van der Waals surface area contributed by atoms with Crippen LogP contribution in [0.15, 0.2) is 30.3 Å². The predicted molar refractivity (Wildman–Crippen MR) is 69.9 cm³/mol. The second-order valence-electron chi connectivity index (χ2n) is 3.93. The summed E-state index contributed by atoms with van der Waals surface area (Å²) in [6, 6.07) is 7.78. The third-order valence-electron chi connectivity index (χ3n) is 2.52. The van der Waals surface area contributed by atoms with Crippen molar-refractivity contribution < 1.29 is 9.53 Å². The van der Waals surface area contributed by atoms with Crippen LogP contribution >= 0.6 is 0 Å². The molecule has 17 heavy (non-hydrogen) atoms. The van der Waals surface area contributed by atoms with Crippen molar-refractivity contribution in [3.05, 3.63) is 35.9 Å². The molecule has 0 saturated heterocycles. The minimum absolute atomic E-state index is 0.0674. The maximum Gasteiger partial charge on any atom is 0.244 e. The number of rotatable bonds is 5. The largest absolute Gasteiger partial charge is 0.497 e. The molecule has 1 rings (SSSR count). The lowest BCUT2D eigenvalue weighted by Crippen LogP contribution is -2.30. The van der Waals surface area contributed by atoms with E-state index in [0.29, 0.717) is 0 Å². The third kappa shape index (κ3) is 4.72. The molecule has 0 aliphatic heterocycles. The summed E-state index contributed by atoms with van der Waals surface area (Å²) in [6.45, 7) is 4.02. The summed E-state index contributed by atoms with van der Waals surface area (Å²) in [5.74, 6) is 0.719. The van der Waals surface area contributed by atoms with E-state index in [9.17, 15) is 4.79 Å². The van der Waals surface area contributed by atoms with Gasteiger partial charge in [0.1, 0.15) is 5.75 Å². The summed E-state index contributed by atoms with van der Waals surface area (Å²) >= 11 is 0. The zero-order valence-electron chi connectivity index (χ0n) is 10.6. The Morgan fingerprint density at radius 3 is 2.94 bits per heavy atom. The minimum Gasteiger partial charge on any atom is -0.497 e. The van der Waals surface area contributed by atoms with Gasteiger partial charge in [-0.15, -0.1) is 0 Å². The average Bonchev–Trinajstić information content (AvgIpc) is 2.36. The van der Waals surface area contributed by atoms with E-state index in [2.05, 4.69) is 5.32 Å². The van der Waals surface area contributed by atoms with Gasteiger partial charge in [-0.2, -0.15) is 0 Å². The second kappa shape index (κ2) is 6.74. The highest BCUT2D eigenvalue weighted by molar-refractivity contribution is 5.91. The van der Waals surface area contributed by atoms with Crippen LogP contribution in [0.5, 0.6) is 5.75 Å². The van der Waals surface area contributed by atoms with Gasteiger partial charge in [0, 0.05) is 12.1 Å². The van der Waals surface area contributed by atoms with E-state index in [0.717, 1.165) is 17.7 Å². The number of methoxy groups -OCH3 is 1. The third-order valence-corrected chi connectivity index (χ3v) is 2.52. The molecular formula is C14H19NO2. The number of amides is 1. The Labute approximate surface area is 102 Å². The number of hydrogen-bond donors (Lipinski definition) is 1. The lowest BCUT2D eigenvalue weighted by Gasteiger charge is -2.08. The molecule has 0 aromatic heterocycles. The lowest BCUT2D eigenvalue weighted by atomic mass is 10.2. The van der Waals surface area contributed by atoms with E-state index in [1.807, 2.05) is 38.1 Å². The molecule has 1 N–H and O–H groups in total. The van der Waals surface area contributed by atoms with E-state index in [4.69, 9.17) is 4.74 Å². The van der Waals surface area contributed by atoms with Crippen molar-refractivity contribution in [2.75, 3.05) is 7.11 Å². The van der Waals surface area contributed by atoms with Crippen LogP contribution in [0.4, 0.5) is 0 Å². The van der Waals surface area contributed by atoms with E-state index < -0.39 is 0 Å². The van der Waals surface area contributed by atoms with E-state index >= 15 is 0 Å². The Hall–Kier alpha value is -1.77. The smallest absolute Gasteiger partial charge is 0.244 e. The maximum atomic E-state index is 11.5. The monoisotopic (exact) mass is 233 g/mol. The Morgan fingerprint density at radius 2 is 2.29 bits per heavy atom. The highest BCUT2D eigenvalue weighted by Crippen LogP contribution is 2.13. The van der Waals surface area contributed by atoms with Crippen LogP contribution in [0.25, 0.3) is 6.08 Å². The summed E-state index contributed by atoms with van der Waals surface area (Å²) in [4.78, 5) is 11.5. The Balaban J connectivity index is 2.60. The standard InChI is InChI=1S/C14H19NO2/c1-4-11(2)15-14(16)9-8-12-6-5-7-13(10-12)17-3/h5-11H,4H2,1-3H3,(H,15,16)/b9-8+. The maximum absolute atomic E-state index is 11.5. The van der Waals surface area contributed by atoms with Gasteiger partial charge >= 0.3 is 0 Å². The summed E-state index contributed by atoms with van der Waals surface area (Å²) < 4.78 is 5.11. The van der Waals surface area contributed by atoms with Crippen LogP contribution in [0.2, 0.25) is 0 Å². The molecule has 0 radical (unpaired) electrons. The summed E-state index contributed by atoms with van der Waals surface area (Å²) in [5.41, 5.74) is 0.948. The minimum atomic E-state index is -0.0674. The van der Waals surface area contributed by atoms with Crippen molar-refractivity contribution >= 4 is 12.0 Å². The number of carbonyl (C=O) groups excluding carboxylic acids is 1. The van der Waals surface area contributed by atoms with Crippen LogP contribution in [-0.4, -0.2) is 19.1 Å². The van der Waals surface area contributed by atoms with Crippen LogP contribution in [0.1, 0.15) is 25.8 Å². The van der Waals surface area contributed by atoms with Crippen molar-refractivity contribution in [2.24, 2.45) is 0 Å². The Kier molecular flexibility index (Phi) is 5.27.